The van der Waals surface area contributed by atoms with Crippen LogP contribution in [0.4, 0.5) is 10.5 Å². The first-order chi connectivity index (χ1) is 15.7. The third-order valence-corrected chi connectivity index (χ3v) is 8.02. The number of hydrogen-bond acceptors (Lipinski definition) is 5. The average molecular weight is 470 g/mol. The number of imide groups is 1. The van der Waals surface area contributed by atoms with Crippen LogP contribution in [0.3, 0.4) is 0 Å². The lowest BCUT2D eigenvalue weighted by molar-refractivity contribution is -0.134. The summed E-state index contributed by atoms with van der Waals surface area (Å²) in [5.74, 6) is -1.07. The molecule has 9 heteroatoms. The fourth-order valence-corrected chi connectivity index (χ4v) is 6.14. The van der Waals surface area contributed by atoms with E-state index < -0.39 is 45.8 Å². The van der Waals surface area contributed by atoms with Crippen LogP contribution in [0.2, 0.25) is 0 Å². The summed E-state index contributed by atoms with van der Waals surface area (Å²) in [7, 11) is -3.24. The summed E-state index contributed by atoms with van der Waals surface area (Å²) in [6.45, 7) is 1.22. The minimum atomic E-state index is -3.24. The van der Waals surface area contributed by atoms with Gasteiger partial charge in [-0.1, -0.05) is 48.5 Å². The number of carbonyl (C=O) groups excluding carboxylic acids is 3. The number of carbonyl (C=O) groups is 3. The molecule has 2 aromatic carbocycles. The summed E-state index contributed by atoms with van der Waals surface area (Å²) < 4.78 is 24.1. The van der Waals surface area contributed by atoms with E-state index in [1.165, 1.54) is 4.90 Å². The minimum absolute atomic E-state index is 0.00890. The number of nitrogens with one attached hydrogen (secondary N) is 1. The summed E-state index contributed by atoms with van der Waals surface area (Å²) >= 11 is 0. The largest absolute Gasteiger partial charge is 0.325 e. The van der Waals surface area contributed by atoms with Gasteiger partial charge in [-0.25, -0.2) is 13.2 Å². The molecule has 1 unspecified atom stereocenters. The van der Waals surface area contributed by atoms with Gasteiger partial charge in [0, 0.05) is 5.69 Å². The second-order valence-corrected chi connectivity index (χ2v) is 11.0. The van der Waals surface area contributed by atoms with Gasteiger partial charge in [-0.2, -0.15) is 0 Å². The Hall–Kier alpha value is -3.20. The highest BCUT2D eigenvalue weighted by atomic mass is 32.2. The molecule has 8 nitrogen and oxygen atoms in total. The van der Waals surface area contributed by atoms with Crippen LogP contribution in [-0.2, 0) is 25.8 Å². The summed E-state index contributed by atoms with van der Waals surface area (Å²) in [6, 6.07) is 17.3. The van der Waals surface area contributed by atoms with Crippen LogP contribution in [0, 0.1) is 0 Å². The number of para-hydroxylation sites is 1. The highest BCUT2D eigenvalue weighted by Gasteiger charge is 2.48. The molecule has 2 atom stereocenters. The zero-order chi connectivity index (χ0) is 23.6. The van der Waals surface area contributed by atoms with Gasteiger partial charge in [0.05, 0.1) is 17.5 Å². The number of rotatable bonds is 7. The lowest BCUT2D eigenvalue weighted by atomic mass is 9.93. The van der Waals surface area contributed by atoms with Gasteiger partial charge >= 0.3 is 6.03 Å². The Morgan fingerprint density at radius 1 is 1.09 bits per heavy atom. The number of sulfone groups is 1. The molecule has 2 saturated heterocycles. The van der Waals surface area contributed by atoms with E-state index in [1.807, 2.05) is 30.3 Å². The van der Waals surface area contributed by atoms with Crippen molar-refractivity contribution in [2.24, 2.45) is 0 Å². The molecule has 0 spiro atoms. The van der Waals surface area contributed by atoms with Gasteiger partial charge in [-0.3, -0.25) is 14.5 Å². The lowest BCUT2D eigenvalue weighted by Crippen LogP contribution is -2.49. The van der Waals surface area contributed by atoms with Crippen LogP contribution in [0.1, 0.15) is 25.3 Å². The third-order valence-electron chi connectivity index (χ3n) is 6.27. The molecule has 4 amide bonds. The Labute approximate surface area is 193 Å². The number of nitrogens with zero attached hydrogens (tertiary/aromatic N) is 2. The van der Waals surface area contributed by atoms with Crippen LogP contribution in [-0.4, -0.2) is 60.8 Å². The van der Waals surface area contributed by atoms with E-state index in [4.69, 9.17) is 0 Å². The summed E-state index contributed by atoms with van der Waals surface area (Å²) in [5.41, 5.74) is 0.484. The van der Waals surface area contributed by atoms with Crippen molar-refractivity contribution in [2.75, 3.05) is 23.0 Å². The van der Waals surface area contributed by atoms with E-state index in [-0.39, 0.29) is 11.5 Å². The van der Waals surface area contributed by atoms with E-state index >= 15 is 0 Å². The van der Waals surface area contributed by atoms with Gasteiger partial charge in [0.15, 0.2) is 9.84 Å². The van der Waals surface area contributed by atoms with Gasteiger partial charge in [0.1, 0.15) is 12.1 Å². The van der Waals surface area contributed by atoms with Crippen molar-refractivity contribution in [2.45, 2.75) is 37.8 Å². The minimum Gasteiger partial charge on any atom is -0.323 e. The van der Waals surface area contributed by atoms with E-state index in [1.54, 1.807) is 37.3 Å². The highest BCUT2D eigenvalue weighted by molar-refractivity contribution is 7.91. The molecule has 0 aromatic heterocycles. The van der Waals surface area contributed by atoms with E-state index in [0.29, 0.717) is 24.9 Å². The predicted octanol–water partition coefficient (Wildman–Crippen LogP) is 2.15. The van der Waals surface area contributed by atoms with Crippen molar-refractivity contribution in [1.29, 1.82) is 0 Å². The molecule has 2 heterocycles. The zero-order valence-electron chi connectivity index (χ0n) is 18.4. The number of hydrogen-bond donors (Lipinski definition) is 1. The molecular weight excluding hydrogens is 442 g/mol. The van der Waals surface area contributed by atoms with E-state index in [9.17, 15) is 22.8 Å². The molecule has 2 aromatic rings. The van der Waals surface area contributed by atoms with Gasteiger partial charge in [-0.15, -0.1) is 0 Å². The SMILES string of the molecule is C[C@]1(CCc2ccccc2)NC(=O)N(CC(=O)N(c2ccccc2)C2CCS(=O)(=O)C2)C1=O. The quantitative estimate of drug-likeness (QED) is 0.626. The molecule has 2 aliphatic rings. The van der Waals surface area contributed by atoms with Crippen molar-refractivity contribution in [3.05, 3.63) is 66.2 Å². The topological polar surface area (TPSA) is 104 Å². The molecule has 2 aliphatic heterocycles. The molecule has 4 rings (SSSR count). The highest BCUT2D eigenvalue weighted by Crippen LogP contribution is 2.27. The summed E-state index contributed by atoms with van der Waals surface area (Å²) in [4.78, 5) is 41.5. The Bertz CT molecular complexity index is 1150. The molecule has 0 saturated carbocycles. The van der Waals surface area contributed by atoms with Gasteiger partial charge in [0.25, 0.3) is 5.91 Å². The maximum absolute atomic E-state index is 13.3. The molecule has 2 fully saturated rings. The number of aryl methyl sites for hydroxylation is 1. The lowest BCUT2D eigenvalue weighted by Gasteiger charge is -2.30. The molecule has 174 valence electrons. The normalized spacial score (nSPS) is 24.0. The first kappa shape index (κ1) is 23.0. The van der Waals surface area contributed by atoms with Crippen molar-refractivity contribution in [1.82, 2.24) is 10.2 Å². The maximum atomic E-state index is 13.3. The second-order valence-electron chi connectivity index (χ2n) is 8.80. The second kappa shape index (κ2) is 8.97. The smallest absolute Gasteiger partial charge is 0.323 e. The Morgan fingerprint density at radius 2 is 1.73 bits per heavy atom. The van der Waals surface area contributed by atoms with Gasteiger partial charge in [0.2, 0.25) is 5.91 Å². The van der Waals surface area contributed by atoms with Crippen LogP contribution in [0.25, 0.3) is 0 Å². The first-order valence-electron chi connectivity index (χ1n) is 10.9. The van der Waals surface area contributed by atoms with Crippen LogP contribution >= 0.6 is 0 Å². The fraction of sp³-hybridized carbons (Fsp3) is 0.375. The Kier molecular flexibility index (Phi) is 6.25. The monoisotopic (exact) mass is 469 g/mol. The average Bonchev–Trinajstić information content (AvgIpc) is 3.25. The van der Waals surface area contributed by atoms with E-state index in [0.717, 1.165) is 10.5 Å². The molecule has 0 bridgehead atoms. The number of benzene rings is 2. The predicted molar refractivity (Wildman–Crippen MR) is 124 cm³/mol. The first-order valence-corrected chi connectivity index (χ1v) is 12.8. The summed E-state index contributed by atoms with van der Waals surface area (Å²) in [6.07, 6.45) is 1.31. The number of urea groups is 1. The molecule has 33 heavy (non-hydrogen) atoms. The van der Waals surface area contributed by atoms with E-state index in [2.05, 4.69) is 5.32 Å². The Balaban J connectivity index is 1.50. The Morgan fingerprint density at radius 3 is 2.33 bits per heavy atom. The van der Waals surface area contributed by atoms with Crippen molar-refractivity contribution in [3.63, 3.8) is 0 Å². The van der Waals surface area contributed by atoms with Gasteiger partial charge in [-0.05, 0) is 43.9 Å². The fourth-order valence-electron chi connectivity index (χ4n) is 4.44. The standard InChI is InChI=1S/C24H27N3O5S/c1-24(14-12-18-8-4-2-5-9-18)22(29)26(23(30)25-24)16-21(28)27(19-10-6-3-7-11-19)20-13-15-33(31,32)17-20/h2-11,20H,12-17H2,1H3,(H,25,30)/t20?,24-/m1/s1. The van der Waals surface area contributed by atoms with Crippen molar-refractivity contribution >= 4 is 33.4 Å². The zero-order valence-corrected chi connectivity index (χ0v) is 19.3. The number of amides is 4. The molecule has 1 N–H and O–H groups in total. The van der Waals surface area contributed by atoms with Crippen LogP contribution in [0.5, 0.6) is 0 Å². The van der Waals surface area contributed by atoms with Crippen LogP contribution < -0.4 is 10.2 Å². The molecular formula is C24H27N3O5S. The number of anilines is 1. The summed E-state index contributed by atoms with van der Waals surface area (Å²) in [5, 5.41) is 2.74. The maximum Gasteiger partial charge on any atom is 0.325 e. The third kappa shape index (κ3) is 4.93. The van der Waals surface area contributed by atoms with Crippen LogP contribution in [0.15, 0.2) is 60.7 Å². The molecule has 0 aliphatic carbocycles. The molecule has 0 radical (unpaired) electrons. The van der Waals surface area contributed by atoms with Crippen molar-refractivity contribution in [3.8, 4) is 0 Å². The van der Waals surface area contributed by atoms with Gasteiger partial charge < -0.3 is 10.2 Å². The van der Waals surface area contributed by atoms with Crippen molar-refractivity contribution < 1.29 is 22.8 Å².